The number of aryl methyl sites for hydroxylation is 1. The smallest absolute Gasteiger partial charge is 0.322 e. The largest absolute Gasteiger partial charge is 0.480 e. The fourth-order valence-corrected chi connectivity index (χ4v) is 1.87. The average molecular weight is 263 g/mol. The highest BCUT2D eigenvalue weighted by atomic mass is 16.4. The molecule has 0 spiro atoms. The van der Waals surface area contributed by atoms with Crippen LogP contribution in [-0.2, 0) is 11.3 Å². The first-order valence-corrected chi connectivity index (χ1v) is 6.07. The predicted molar refractivity (Wildman–Crippen MR) is 70.9 cm³/mol. The highest BCUT2D eigenvalue weighted by molar-refractivity contribution is 5.74. The van der Waals surface area contributed by atoms with Gasteiger partial charge in [-0.15, -0.1) is 0 Å². The quantitative estimate of drug-likeness (QED) is 0.717. The summed E-state index contributed by atoms with van der Waals surface area (Å²) < 4.78 is 5.45. The molecule has 3 N–H and O–H groups in total. The van der Waals surface area contributed by atoms with Crippen LogP contribution >= 0.6 is 0 Å². The van der Waals surface area contributed by atoms with E-state index in [9.17, 15) is 4.79 Å². The maximum Gasteiger partial charge on any atom is 0.322 e. The zero-order chi connectivity index (χ0) is 13.8. The Balaban J connectivity index is 1.96. The summed E-state index contributed by atoms with van der Waals surface area (Å²) in [6, 6.07) is 5.18. The molecule has 0 radical (unpaired) electrons. The van der Waals surface area contributed by atoms with Gasteiger partial charge in [0.15, 0.2) is 11.5 Å². The number of carboxylic acids is 1. The van der Waals surface area contributed by atoms with Gasteiger partial charge < -0.3 is 20.2 Å². The van der Waals surface area contributed by atoms with E-state index in [1.165, 1.54) is 0 Å². The lowest BCUT2D eigenvalue weighted by atomic mass is 10.2. The van der Waals surface area contributed by atoms with Crippen molar-refractivity contribution in [2.75, 3.05) is 13.6 Å². The Morgan fingerprint density at radius 1 is 1.53 bits per heavy atom. The Labute approximate surface area is 110 Å². The van der Waals surface area contributed by atoms with Gasteiger partial charge in [0.1, 0.15) is 11.6 Å². The van der Waals surface area contributed by atoms with E-state index in [0.717, 1.165) is 16.7 Å². The van der Waals surface area contributed by atoms with E-state index >= 15 is 0 Å². The Bertz CT molecular complexity index is 580. The maximum absolute atomic E-state index is 10.8. The minimum Gasteiger partial charge on any atom is -0.480 e. The third-order valence-electron chi connectivity index (χ3n) is 2.88. The lowest BCUT2D eigenvalue weighted by Gasteiger charge is -2.12. The first-order chi connectivity index (χ1) is 9.10. The second-order valence-corrected chi connectivity index (χ2v) is 4.35. The van der Waals surface area contributed by atoms with Crippen LogP contribution in [0.25, 0.3) is 11.1 Å². The predicted octanol–water partition coefficient (Wildman–Crippen LogP) is 0.898. The molecule has 6 nitrogen and oxygen atoms in total. The fourth-order valence-electron chi connectivity index (χ4n) is 1.87. The van der Waals surface area contributed by atoms with E-state index in [0.29, 0.717) is 19.0 Å². The topological polar surface area (TPSA) is 87.4 Å². The second kappa shape index (κ2) is 5.81. The summed E-state index contributed by atoms with van der Waals surface area (Å²) in [4.78, 5) is 15.0. The normalized spacial score (nSPS) is 12.7. The van der Waals surface area contributed by atoms with Crippen LogP contribution in [0.5, 0.6) is 0 Å². The van der Waals surface area contributed by atoms with Gasteiger partial charge in [0.2, 0.25) is 0 Å². The lowest BCUT2D eigenvalue weighted by molar-refractivity contribution is -0.139. The van der Waals surface area contributed by atoms with Crippen molar-refractivity contribution in [3.8, 4) is 0 Å². The molecule has 1 heterocycles. The van der Waals surface area contributed by atoms with Crippen LogP contribution < -0.4 is 10.6 Å². The van der Waals surface area contributed by atoms with Gasteiger partial charge in [-0.25, -0.2) is 4.98 Å². The second-order valence-electron chi connectivity index (χ2n) is 4.35. The highest BCUT2D eigenvalue weighted by Crippen LogP contribution is 2.16. The summed E-state index contributed by atoms with van der Waals surface area (Å²) in [5.41, 5.74) is 2.61. The molecule has 1 atom stereocenters. The number of aromatic nitrogens is 1. The van der Waals surface area contributed by atoms with Crippen LogP contribution in [0.4, 0.5) is 0 Å². The molecule has 0 saturated heterocycles. The first-order valence-electron chi connectivity index (χ1n) is 6.07. The molecule has 0 amide bonds. The van der Waals surface area contributed by atoms with E-state index < -0.39 is 12.0 Å². The Morgan fingerprint density at radius 2 is 2.32 bits per heavy atom. The van der Waals surface area contributed by atoms with Crippen LogP contribution in [0.3, 0.4) is 0 Å². The van der Waals surface area contributed by atoms with Gasteiger partial charge >= 0.3 is 5.97 Å². The molecular formula is C13H17N3O3. The Hall–Kier alpha value is -1.92. The summed E-state index contributed by atoms with van der Waals surface area (Å²) in [5, 5.41) is 14.7. The standard InChI is InChI=1S/C13H17N3O3/c1-8-16-10-4-3-9(5-12(10)19-8)6-15-7-11(14-2)13(17)18/h3-5,11,14-15H,6-7H2,1-2H3,(H,17,18). The monoisotopic (exact) mass is 263 g/mol. The number of nitrogens with one attached hydrogen (secondary N) is 2. The molecule has 1 aromatic carbocycles. The van der Waals surface area contributed by atoms with Crippen molar-refractivity contribution in [3.05, 3.63) is 29.7 Å². The SMILES string of the molecule is CNC(CNCc1ccc2nc(C)oc2c1)C(=O)O. The zero-order valence-corrected chi connectivity index (χ0v) is 10.9. The highest BCUT2D eigenvalue weighted by Gasteiger charge is 2.13. The molecule has 0 saturated carbocycles. The molecule has 0 aliphatic rings. The third-order valence-corrected chi connectivity index (χ3v) is 2.88. The number of oxazole rings is 1. The minimum atomic E-state index is -0.865. The number of carboxylic acid groups (broad SMARTS) is 1. The van der Waals surface area contributed by atoms with Crippen molar-refractivity contribution in [2.45, 2.75) is 19.5 Å². The van der Waals surface area contributed by atoms with E-state index in [2.05, 4.69) is 15.6 Å². The number of hydrogen-bond donors (Lipinski definition) is 3. The Kier molecular flexibility index (Phi) is 4.13. The van der Waals surface area contributed by atoms with Gasteiger partial charge in [-0.05, 0) is 24.7 Å². The lowest BCUT2D eigenvalue weighted by Crippen LogP contribution is -2.42. The average Bonchev–Trinajstić information content (AvgIpc) is 2.73. The third kappa shape index (κ3) is 3.30. The van der Waals surface area contributed by atoms with Crippen molar-refractivity contribution in [1.82, 2.24) is 15.6 Å². The number of likely N-dealkylation sites (N-methyl/N-ethyl adjacent to an activating group) is 1. The molecule has 1 aromatic heterocycles. The number of rotatable bonds is 6. The number of carbonyl (C=O) groups is 1. The van der Waals surface area contributed by atoms with Crippen LogP contribution in [0, 0.1) is 6.92 Å². The number of aliphatic carboxylic acids is 1. The van der Waals surface area contributed by atoms with Gasteiger partial charge in [0.25, 0.3) is 0 Å². The fraction of sp³-hybridized carbons (Fsp3) is 0.385. The van der Waals surface area contributed by atoms with Crippen LogP contribution in [0.1, 0.15) is 11.5 Å². The van der Waals surface area contributed by atoms with Crippen LogP contribution in [-0.4, -0.2) is 35.7 Å². The molecule has 19 heavy (non-hydrogen) atoms. The van der Waals surface area contributed by atoms with E-state index in [-0.39, 0.29) is 0 Å². The zero-order valence-electron chi connectivity index (χ0n) is 10.9. The van der Waals surface area contributed by atoms with E-state index in [1.807, 2.05) is 25.1 Å². The molecule has 0 aliphatic carbocycles. The molecule has 102 valence electrons. The van der Waals surface area contributed by atoms with E-state index in [1.54, 1.807) is 7.05 Å². The van der Waals surface area contributed by atoms with Crippen molar-refractivity contribution in [1.29, 1.82) is 0 Å². The van der Waals surface area contributed by atoms with Gasteiger partial charge in [-0.3, -0.25) is 4.79 Å². The van der Waals surface area contributed by atoms with E-state index in [4.69, 9.17) is 9.52 Å². The Morgan fingerprint density at radius 3 is 3.00 bits per heavy atom. The molecule has 2 rings (SSSR count). The summed E-state index contributed by atoms with van der Waals surface area (Å²) in [6.07, 6.45) is 0. The van der Waals surface area contributed by atoms with Crippen LogP contribution in [0.15, 0.2) is 22.6 Å². The van der Waals surface area contributed by atoms with Crippen LogP contribution in [0.2, 0.25) is 0 Å². The number of nitrogens with zero attached hydrogens (tertiary/aromatic N) is 1. The maximum atomic E-state index is 10.8. The molecule has 0 aliphatic heterocycles. The number of fused-ring (bicyclic) bond motifs is 1. The molecule has 0 bridgehead atoms. The molecule has 1 unspecified atom stereocenters. The van der Waals surface area contributed by atoms with Crippen molar-refractivity contribution in [2.24, 2.45) is 0 Å². The number of benzene rings is 1. The van der Waals surface area contributed by atoms with Gasteiger partial charge in [0.05, 0.1) is 0 Å². The summed E-state index contributed by atoms with van der Waals surface area (Å²) in [7, 11) is 1.63. The van der Waals surface area contributed by atoms with Crippen molar-refractivity contribution >= 4 is 17.1 Å². The molecule has 6 heteroatoms. The summed E-state index contributed by atoms with van der Waals surface area (Å²) in [5.74, 6) is -0.224. The summed E-state index contributed by atoms with van der Waals surface area (Å²) >= 11 is 0. The molecule has 0 fully saturated rings. The molecule has 2 aromatic rings. The van der Waals surface area contributed by atoms with Crippen molar-refractivity contribution < 1.29 is 14.3 Å². The number of hydrogen-bond acceptors (Lipinski definition) is 5. The minimum absolute atomic E-state index is 0.360. The van der Waals surface area contributed by atoms with Gasteiger partial charge in [0, 0.05) is 20.0 Å². The van der Waals surface area contributed by atoms with Gasteiger partial charge in [-0.1, -0.05) is 6.07 Å². The molecular weight excluding hydrogens is 246 g/mol. The van der Waals surface area contributed by atoms with Crippen molar-refractivity contribution in [3.63, 3.8) is 0 Å². The first kappa shape index (κ1) is 13.5. The van der Waals surface area contributed by atoms with Gasteiger partial charge in [-0.2, -0.15) is 0 Å². The summed E-state index contributed by atoms with van der Waals surface area (Å²) in [6.45, 7) is 2.75.